The van der Waals surface area contributed by atoms with Crippen LogP contribution in [-0.2, 0) is 26.2 Å². The monoisotopic (exact) mass is 549 g/mol. The topological polar surface area (TPSA) is 86.8 Å². The van der Waals surface area contributed by atoms with E-state index in [9.17, 15) is 18.0 Å². The van der Waals surface area contributed by atoms with E-state index in [0.29, 0.717) is 11.3 Å². The lowest BCUT2D eigenvalue weighted by Gasteiger charge is -2.34. The molecule has 0 spiro atoms. The zero-order valence-corrected chi connectivity index (χ0v) is 24.7. The SMILES string of the molecule is Cc1ccc(S(=O)(=O)N(CC(=O)N(Cc2ccccc2C)C(C)C(=O)NC(C)(C)C)c2ccccc2C)cc1. The zero-order chi connectivity index (χ0) is 29.0. The summed E-state index contributed by atoms with van der Waals surface area (Å²) in [6.07, 6.45) is 0. The molecule has 0 aliphatic rings. The van der Waals surface area contributed by atoms with Crippen molar-refractivity contribution in [1.29, 1.82) is 0 Å². The molecule has 0 saturated carbocycles. The zero-order valence-electron chi connectivity index (χ0n) is 23.9. The highest BCUT2D eigenvalue weighted by atomic mass is 32.2. The molecule has 0 aromatic heterocycles. The molecule has 208 valence electrons. The number of anilines is 1. The van der Waals surface area contributed by atoms with Crippen LogP contribution in [0.2, 0.25) is 0 Å². The predicted octanol–water partition coefficient (Wildman–Crippen LogP) is 5.14. The molecule has 0 fully saturated rings. The van der Waals surface area contributed by atoms with Crippen LogP contribution >= 0.6 is 0 Å². The summed E-state index contributed by atoms with van der Waals surface area (Å²) in [5.74, 6) is -0.790. The van der Waals surface area contributed by atoms with E-state index in [-0.39, 0.29) is 17.3 Å². The van der Waals surface area contributed by atoms with Crippen molar-refractivity contribution in [1.82, 2.24) is 10.2 Å². The summed E-state index contributed by atoms with van der Waals surface area (Å²) in [6.45, 7) is 12.6. The van der Waals surface area contributed by atoms with E-state index in [1.165, 1.54) is 4.90 Å². The van der Waals surface area contributed by atoms with Gasteiger partial charge < -0.3 is 10.2 Å². The summed E-state index contributed by atoms with van der Waals surface area (Å²) < 4.78 is 29.0. The maximum Gasteiger partial charge on any atom is 0.264 e. The van der Waals surface area contributed by atoms with Crippen molar-refractivity contribution in [2.24, 2.45) is 0 Å². The van der Waals surface area contributed by atoms with Crippen LogP contribution in [0, 0.1) is 20.8 Å². The molecule has 3 aromatic carbocycles. The second-order valence-electron chi connectivity index (χ2n) is 11.0. The lowest BCUT2D eigenvalue weighted by atomic mass is 10.1. The van der Waals surface area contributed by atoms with E-state index >= 15 is 0 Å². The van der Waals surface area contributed by atoms with Crippen molar-refractivity contribution in [3.05, 3.63) is 95.1 Å². The van der Waals surface area contributed by atoms with E-state index in [2.05, 4.69) is 5.32 Å². The highest BCUT2D eigenvalue weighted by molar-refractivity contribution is 7.92. The van der Waals surface area contributed by atoms with Gasteiger partial charge in [0.25, 0.3) is 10.0 Å². The van der Waals surface area contributed by atoms with Crippen LogP contribution in [0.1, 0.15) is 49.9 Å². The smallest absolute Gasteiger partial charge is 0.264 e. The van der Waals surface area contributed by atoms with Gasteiger partial charge in [-0.25, -0.2) is 8.42 Å². The molecule has 1 unspecified atom stereocenters. The largest absolute Gasteiger partial charge is 0.350 e. The third-order valence-electron chi connectivity index (χ3n) is 6.54. The van der Waals surface area contributed by atoms with Crippen molar-refractivity contribution < 1.29 is 18.0 Å². The van der Waals surface area contributed by atoms with Crippen molar-refractivity contribution in [2.75, 3.05) is 10.8 Å². The molecule has 1 N–H and O–H groups in total. The Labute approximate surface area is 232 Å². The second-order valence-corrected chi connectivity index (χ2v) is 12.8. The fourth-order valence-electron chi connectivity index (χ4n) is 4.22. The molecule has 8 heteroatoms. The number of amides is 2. The second kappa shape index (κ2) is 12.0. The van der Waals surface area contributed by atoms with E-state index in [1.54, 1.807) is 43.3 Å². The van der Waals surface area contributed by atoms with Gasteiger partial charge in [-0.3, -0.25) is 13.9 Å². The molecule has 0 aliphatic carbocycles. The van der Waals surface area contributed by atoms with Crippen LogP contribution in [0.15, 0.2) is 77.7 Å². The number of carbonyl (C=O) groups is 2. The highest BCUT2D eigenvalue weighted by Gasteiger charge is 2.34. The normalized spacial score (nSPS) is 12.5. The minimum atomic E-state index is -4.09. The van der Waals surface area contributed by atoms with Gasteiger partial charge in [0, 0.05) is 12.1 Å². The molecule has 0 radical (unpaired) electrons. The average molecular weight is 550 g/mol. The molecule has 0 bridgehead atoms. The van der Waals surface area contributed by atoms with Crippen LogP contribution in [0.4, 0.5) is 5.69 Å². The Morgan fingerprint density at radius 1 is 0.846 bits per heavy atom. The summed E-state index contributed by atoms with van der Waals surface area (Å²) in [6, 6.07) is 20.4. The number of para-hydroxylation sites is 1. The van der Waals surface area contributed by atoms with E-state index in [0.717, 1.165) is 21.0 Å². The third-order valence-corrected chi connectivity index (χ3v) is 8.31. The van der Waals surface area contributed by atoms with Crippen LogP contribution in [0.25, 0.3) is 0 Å². The number of hydrogen-bond acceptors (Lipinski definition) is 4. The molecule has 0 aliphatic heterocycles. The lowest BCUT2D eigenvalue weighted by Crippen LogP contribution is -2.54. The Hall–Kier alpha value is -3.65. The Morgan fingerprint density at radius 2 is 1.41 bits per heavy atom. The number of nitrogens with one attached hydrogen (secondary N) is 1. The predicted molar refractivity (Wildman–Crippen MR) is 156 cm³/mol. The average Bonchev–Trinajstić information content (AvgIpc) is 2.86. The molecule has 0 saturated heterocycles. The van der Waals surface area contributed by atoms with E-state index in [1.807, 2.05) is 77.9 Å². The fourth-order valence-corrected chi connectivity index (χ4v) is 5.70. The van der Waals surface area contributed by atoms with Gasteiger partial charge in [0.2, 0.25) is 11.8 Å². The summed E-state index contributed by atoms with van der Waals surface area (Å²) in [5, 5.41) is 2.95. The van der Waals surface area contributed by atoms with Crippen LogP contribution in [0.5, 0.6) is 0 Å². The minimum absolute atomic E-state index is 0.0909. The first-order valence-electron chi connectivity index (χ1n) is 13.0. The molecule has 0 heterocycles. The van der Waals surface area contributed by atoms with Gasteiger partial charge in [-0.2, -0.15) is 0 Å². The Kier molecular flexibility index (Phi) is 9.22. The quantitative estimate of drug-likeness (QED) is 0.401. The Balaban J connectivity index is 2.06. The van der Waals surface area contributed by atoms with Gasteiger partial charge in [0.05, 0.1) is 10.6 Å². The summed E-state index contributed by atoms with van der Waals surface area (Å²) in [5.41, 5.74) is 3.41. The number of carbonyl (C=O) groups excluding carboxylic acids is 2. The molecule has 3 rings (SSSR count). The summed E-state index contributed by atoms with van der Waals surface area (Å²) in [4.78, 5) is 28.8. The standard InChI is InChI=1S/C31H39N3O4S/c1-22-16-18-27(19-17-22)39(37,38)34(28-15-11-9-13-24(28)3)21-29(35)33(20-26-14-10-8-12-23(26)2)25(4)30(36)32-31(5,6)7/h8-19,25H,20-21H2,1-7H3,(H,32,36). The molecule has 1 atom stereocenters. The van der Waals surface area contributed by atoms with Gasteiger partial charge in [-0.1, -0.05) is 60.2 Å². The van der Waals surface area contributed by atoms with Crippen LogP contribution in [-0.4, -0.2) is 43.3 Å². The maximum atomic E-state index is 14.0. The van der Waals surface area contributed by atoms with Gasteiger partial charge in [-0.05, 0) is 83.4 Å². The number of rotatable bonds is 9. The fraction of sp³-hybridized carbons (Fsp3) is 0.355. The number of benzene rings is 3. The van der Waals surface area contributed by atoms with Crippen molar-refractivity contribution >= 4 is 27.5 Å². The van der Waals surface area contributed by atoms with Gasteiger partial charge in [-0.15, -0.1) is 0 Å². The molecule has 7 nitrogen and oxygen atoms in total. The first-order chi connectivity index (χ1) is 18.2. The van der Waals surface area contributed by atoms with Gasteiger partial charge in [0.1, 0.15) is 12.6 Å². The summed E-state index contributed by atoms with van der Waals surface area (Å²) >= 11 is 0. The van der Waals surface area contributed by atoms with Crippen LogP contribution in [0.3, 0.4) is 0 Å². The van der Waals surface area contributed by atoms with Crippen molar-refractivity contribution in [3.63, 3.8) is 0 Å². The maximum absolute atomic E-state index is 14.0. The highest BCUT2D eigenvalue weighted by Crippen LogP contribution is 2.27. The van der Waals surface area contributed by atoms with Gasteiger partial charge >= 0.3 is 0 Å². The molecule has 39 heavy (non-hydrogen) atoms. The molecular weight excluding hydrogens is 510 g/mol. The summed E-state index contributed by atoms with van der Waals surface area (Å²) in [7, 11) is -4.09. The lowest BCUT2D eigenvalue weighted by molar-refractivity contribution is -0.140. The first-order valence-corrected chi connectivity index (χ1v) is 14.5. The van der Waals surface area contributed by atoms with Crippen molar-refractivity contribution in [3.8, 4) is 0 Å². The Morgan fingerprint density at radius 3 is 1.97 bits per heavy atom. The number of nitrogens with zero attached hydrogens (tertiary/aromatic N) is 2. The Bertz CT molecular complexity index is 1430. The van der Waals surface area contributed by atoms with Crippen LogP contribution < -0.4 is 9.62 Å². The number of aryl methyl sites for hydroxylation is 3. The number of sulfonamides is 1. The minimum Gasteiger partial charge on any atom is -0.350 e. The van der Waals surface area contributed by atoms with Gasteiger partial charge in [0.15, 0.2) is 0 Å². The van der Waals surface area contributed by atoms with E-state index in [4.69, 9.17) is 0 Å². The first kappa shape index (κ1) is 29.9. The number of hydrogen-bond donors (Lipinski definition) is 1. The third kappa shape index (κ3) is 7.47. The van der Waals surface area contributed by atoms with Crippen molar-refractivity contribution in [2.45, 2.75) is 71.5 Å². The molecule has 2 amide bonds. The molecule has 3 aromatic rings. The molecular formula is C31H39N3O4S. The van der Waals surface area contributed by atoms with E-state index < -0.39 is 34.1 Å².